The molecule has 170 valence electrons. The second kappa shape index (κ2) is 8.53. The first-order valence-corrected chi connectivity index (χ1v) is 10.3. The number of hydrogen-bond donors (Lipinski definition) is 2. The number of amides is 4. The molecule has 8 nitrogen and oxygen atoms in total. The summed E-state index contributed by atoms with van der Waals surface area (Å²) in [7, 11) is 3.00. The normalized spacial score (nSPS) is 18.4. The molecule has 2 N–H and O–H groups in total. The average Bonchev–Trinajstić information content (AvgIpc) is 2.96. The monoisotopic (exact) mass is 439 g/mol. The minimum Gasteiger partial charge on any atom is -0.497 e. The maximum atomic E-state index is 13.1. The number of ether oxygens (including phenoxy) is 2. The fraction of sp³-hybridized carbons (Fsp3) is 0.375. The zero-order chi connectivity index (χ0) is 23.7. The summed E-state index contributed by atoms with van der Waals surface area (Å²) in [4.78, 5) is 39.2. The van der Waals surface area contributed by atoms with Crippen LogP contribution in [0.15, 0.2) is 42.5 Å². The summed E-state index contributed by atoms with van der Waals surface area (Å²) in [6.07, 6.45) is 0. The zero-order valence-corrected chi connectivity index (χ0v) is 19.2. The van der Waals surface area contributed by atoms with E-state index in [-0.39, 0.29) is 5.41 Å². The van der Waals surface area contributed by atoms with Gasteiger partial charge < -0.3 is 20.1 Å². The first-order valence-electron chi connectivity index (χ1n) is 10.3. The Balaban J connectivity index is 1.75. The van der Waals surface area contributed by atoms with Crippen molar-refractivity contribution >= 4 is 23.5 Å². The highest BCUT2D eigenvalue weighted by Crippen LogP contribution is 2.31. The van der Waals surface area contributed by atoms with E-state index in [1.54, 1.807) is 25.1 Å². The van der Waals surface area contributed by atoms with Gasteiger partial charge in [0.15, 0.2) is 0 Å². The first-order chi connectivity index (χ1) is 15.0. The number of urea groups is 1. The maximum absolute atomic E-state index is 13.1. The van der Waals surface area contributed by atoms with Crippen molar-refractivity contribution < 1.29 is 23.9 Å². The van der Waals surface area contributed by atoms with E-state index < -0.39 is 29.9 Å². The Morgan fingerprint density at radius 1 is 1.03 bits per heavy atom. The molecule has 1 unspecified atom stereocenters. The summed E-state index contributed by atoms with van der Waals surface area (Å²) < 4.78 is 10.4. The molecule has 1 fully saturated rings. The van der Waals surface area contributed by atoms with E-state index in [0.29, 0.717) is 22.7 Å². The van der Waals surface area contributed by atoms with Gasteiger partial charge in [-0.05, 0) is 23.5 Å². The highest BCUT2D eigenvalue weighted by molar-refractivity contribution is 6.10. The van der Waals surface area contributed by atoms with Crippen LogP contribution in [-0.2, 0) is 20.5 Å². The van der Waals surface area contributed by atoms with Crippen LogP contribution in [0.3, 0.4) is 0 Å². The molecule has 4 amide bonds. The lowest BCUT2D eigenvalue weighted by molar-refractivity contribution is -0.133. The molecule has 8 heteroatoms. The highest BCUT2D eigenvalue weighted by Gasteiger charge is 2.49. The topological polar surface area (TPSA) is 97.0 Å². The van der Waals surface area contributed by atoms with Crippen LogP contribution in [0, 0.1) is 0 Å². The minimum atomic E-state index is -1.24. The van der Waals surface area contributed by atoms with Crippen LogP contribution in [-0.4, -0.2) is 43.5 Å². The predicted octanol–water partition coefficient (Wildman–Crippen LogP) is 3.41. The third-order valence-electron chi connectivity index (χ3n) is 5.54. The first kappa shape index (κ1) is 23.1. The number of carbonyl (C=O) groups excluding carboxylic acids is 3. The van der Waals surface area contributed by atoms with E-state index in [9.17, 15) is 14.4 Å². The Hall–Kier alpha value is -3.55. The second-order valence-corrected chi connectivity index (χ2v) is 8.92. The number of methoxy groups -OCH3 is 2. The van der Waals surface area contributed by atoms with E-state index >= 15 is 0 Å². The number of nitrogens with one attached hydrogen (secondary N) is 2. The molecular formula is C24H29N3O5. The van der Waals surface area contributed by atoms with Gasteiger partial charge in [0.2, 0.25) is 5.91 Å². The second-order valence-electron chi connectivity index (χ2n) is 8.92. The molecule has 0 radical (unpaired) electrons. The van der Waals surface area contributed by atoms with Crippen LogP contribution in [0.5, 0.6) is 11.5 Å². The molecule has 0 bridgehead atoms. The number of rotatable bonds is 6. The SMILES string of the molecule is COc1cc(NC(=O)CN2C(=O)NC(C)(c3ccc(C(C)(C)C)cc3)C2=O)cc(OC)c1. The van der Waals surface area contributed by atoms with Gasteiger partial charge in [0.05, 0.1) is 14.2 Å². The van der Waals surface area contributed by atoms with Gasteiger partial charge in [0, 0.05) is 23.9 Å². The lowest BCUT2D eigenvalue weighted by atomic mass is 9.84. The van der Waals surface area contributed by atoms with E-state index in [1.807, 2.05) is 24.3 Å². The van der Waals surface area contributed by atoms with Crippen molar-refractivity contribution in [3.63, 3.8) is 0 Å². The Bertz CT molecular complexity index is 1020. The summed E-state index contributed by atoms with van der Waals surface area (Å²) in [6.45, 7) is 7.53. The molecule has 0 spiro atoms. The lowest BCUT2D eigenvalue weighted by Crippen LogP contribution is -2.42. The molecule has 1 saturated heterocycles. The molecule has 2 aromatic rings. The van der Waals surface area contributed by atoms with Crippen LogP contribution in [0.4, 0.5) is 10.5 Å². The van der Waals surface area contributed by atoms with Gasteiger partial charge in [-0.1, -0.05) is 45.0 Å². The summed E-state index contributed by atoms with van der Waals surface area (Å²) in [6, 6.07) is 11.9. The van der Waals surface area contributed by atoms with Crippen molar-refractivity contribution in [3.8, 4) is 11.5 Å². The Morgan fingerprint density at radius 2 is 1.59 bits per heavy atom. The van der Waals surface area contributed by atoms with E-state index in [1.165, 1.54) is 14.2 Å². The number of carbonyl (C=O) groups is 3. The summed E-state index contributed by atoms with van der Waals surface area (Å²) in [5.41, 5.74) is 0.928. The Kier molecular flexibility index (Phi) is 6.16. The number of imide groups is 1. The maximum Gasteiger partial charge on any atom is 0.325 e. The van der Waals surface area contributed by atoms with Crippen molar-refractivity contribution in [2.45, 2.75) is 38.6 Å². The molecule has 1 aliphatic heterocycles. The Morgan fingerprint density at radius 3 is 2.09 bits per heavy atom. The minimum absolute atomic E-state index is 0.0324. The third-order valence-corrected chi connectivity index (χ3v) is 5.54. The molecular weight excluding hydrogens is 410 g/mol. The van der Waals surface area contributed by atoms with Gasteiger partial charge in [0.25, 0.3) is 5.91 Å². The fourth-order valence-electron chi connectivity index (χ4n) is 3.56. The number of anilines is 1. The van der Waals surface area contributed by atoms with Crippen LogP contribution >= 0.6 is 0 Å². The molecule has 0 saturated carbocycles. The number of nitrogens with zero attached hydrogens (tertiary/aromatic N) is 1. The van der Waals surface area contributed by atoms with Gasteiger partial charge in [-0.25, -0.2) is 4.79 Å². The quantitative estimate of drug-likeness (QED) is 0.673. The van der Waals surface area contributed by atoms with Crippen LogP contribution in [0.25, 0.3) is 0 Å². The van der Waals surface area contributed by atoms with Gasteiger partial charge >= 0.3 is 6.03 Å². The predicted molar refractivity (Wildman–Crippen MR) is 121 cm³/mol. The summed E-state index contributed by atoms with van der Waals surface area (Å²) >= 11 is 0. The molecule has 2 aromatic carbocycles. The molecule has 3 rings (SSSR count). The summed E-state index contributed by atoms with van der Waals surface area (Å²) in [5.74, 6) is 0.00218. The fourth-order valence-corrected chi connectivity index (χ4v) is 3.56. The number of benzene rings is 2. The molecule has 32 heavy (non-hydrogen) atoms. The van der Waals surface area contributed by atoms with Gasteiger partial charge in [-0.2, -0.15) is 0 Å². The highest BCUT2D eigenvalue weighted by atomic mass is 16.5. The van der Waals surface area contributed by atoms with Crippen molar-refractivity contribution in [2.24, 2.45) is 0 Å². The van der Waals surface area contributed by atoms with Gasteiger partial charge in [0.1, 0.15) is 23.6 Å². The van der Waals surface area contributed by atoms with Gasteiger partial charge in [-0.15, -0.1) is 0 Å². The number of hydrogen-bond acceptors (Lipinski definition) is 5. The average molecular weight is 440 g/mol. The molecule has 1 heterocycles. The molecule has 0 aliphatic carbocycles. The molecule has 1 aliphatic rings. The lowest BCUT2D eigenvalue weighted by Gasteiger charge is -2.24. The largest absolute Gasteiger partial charge is 0.497 e. The third kappa shape index (κ3) is 4.54. The van der Waals surface area contributed by atoms with Crippen molar-refractivity contribution in [2.75, 3.05) is 26.1 Å². The zero-order valence-electron chi connectivity index (χ0n) is 19.2. The Labute approximate surface area is 187 Å². The van der Waals surface area contributed by atoms with Crippen LogP contribution in [0.2, 0.25) is 0 Å². The van der Waals surface area contributed by atoms with E-state index in [2.05, 4.69) is 31.4 Å². The standard InChI is InChI=1S/C24H29N3O5/c1-23(2,3)15-7-9-16(10-8-15)24(4)21(29)27(22(30)26-24)14-20(28)25-17-11-18(31-5)13-19(12-17)32-6/h7-13H,14H2,1-6H3,(H,25,28)(H,26,30). The van der Waals surface area contributed by atoms with Crippen LogP contribution < -0.4 is 20.1 Å². The van der Waals surface area contributed by atoms with Gasteiger partial charge in [-0.3, -0.25) is 14.5 Å². The van der Waals surface area contributed by atoms with E-state index in [4.69, 9.17) is 9.47 Å². The molecule has 0 aromatic heterocycles. The van der Waals surface area contributed by atoms with Crippen molar-refractivity contribution in [1.82, 2.24) is 10.2 Å². The smallest absolute Gasteiger partial charge is 0.325 e. The molecule has 1 atom stereocenters. The summed E-state index contributed by atoms with van der Waals surface area (Å²) in [5, 5.41) is 5.41. The van der Waals surface area contributed by atoms with E-state index in [0.717, 1.165) is 10.5 Å². The van der Waals surface area contributed by atoms with Crippen molar-refractivity contribution in [3.05, 3.63) is 53.6 Å². The van der Waals surface area contributed by atoms with Crippen LogP contribution in [0.1, 0.15) is 38.8 Å². The van der Waals surface area contributed by atoms with Crippen molar-refractivity contribution in [1.29, 1.82) is 0 Å².